The van der Waals surface area contributed by atoms with Gasteiger partial charge in [0.25, 0.3) is 0 Å². The Hall–Kier alpha value is -2.82. The van der Waals surface area contributed by atoms with Crippen LogP contribution in [0.25, 0.3) is 0 Å². The highest BCUT2D eigenvalue weighted by Crippen LogP contribution is 2.34. The number of rotatable bonds is 5. The van der Waals surface area contributed by atoms with E-state index in [9.17, 15) is 9.59 Å². The fourth-order valence-corrected chi connectivity index (χ4v) is 3.20. The van der Waals surface area contributed by atoms with Crippen LogP contribution >= 0.6 is 0 Å². The normalized spacial score (nSPS) is 16.7. The second-order valence-corrected chi connectivity index (χ2v) is 6.45. The van der Waals surface area contributed by atoms with Crippen molar-refractivity contribution in [2.75, 3.05) is 18.1 Å². The maximum Gasteiger partial charge on any atom is 0.316 e. The average molecular weight is 353 g/mol. The van der Waals surface area contributed by atoms with Crippen molar-refractivity contribution in [3.8, 4) is 11.5 Å². The molecule has 2 aromatic rings. The molecule has 0 N–H and O–H groups in total. The molecule has 0 aliphatic carbocycles. The lowest BCUT2D eigenvalue weighted by molar-refractivity contribution is -0.139. The van der Waals surface area contributed by atoms with E-state index >= 15 is 0 Å². The summed E-state index contributed by atoms with van der Waals surface area (Å²) in [6.45, 7) is 6.51. The quantitative estimate of drug-likeness (QED) is 0.608. The van der Waals surface area contributed by atoms with E-state index in [1.165, 1.54) is 0 Å². The van der Waals surface area contributed by atoms with Crippen LogP contribution in [0.1, 0.15) is 24.5 Å². The number of nitrogens with zero attached hydrogens (tertiary/aromatic N) is 1. The second kappa shape index (κ2) is 7.60. The van der Waals surface area contributed by atoms with Crippen molar-refractivity contribution >= 4 is 17.6 Å². The Kier molecular flexibility index (Phi) is 5.26. The van der Waals surface area contributed by atoms with Crippen molar-refractivity contribution in [3.63, 3.8) is 0 Å². The first-order valence-electron chi connectivity index (χ1n) is 8.81. The van der Waals surface area contributed by atoms with Crippen molar-refractivity contribution < 1.29 is 19.1 Å². The Morgan fingerprint density at radius 3 is 2.50 bits per heavy atom. The molecular formula is C21H23NO4. The summed E-state index contributed by atoms with van der Waals surface area (Å²) in [5.41, 5.74) is 2.50. The lowest BCUT2D eigenvalue weighted by Crippen LogP contribution is -2.27. The van der Waals surface area contributed by atoms with E-state index < -0.39 is 5.92 Å². The van der Waals surface area contributed by atoms with Crippen LogP contribution in [0, 0.1) is 19.8 Å². The largest absolute Gasteiger partial charge is 0.492 e. The lowest BCUT2D eigenvalue weighted by atomic mass is 10.1. The summed E-state index contributed by atoms with van der Waals surface area (Å²) in [5.74, 6) is 0.272. The molecular weight excluding hydrogens is 330 g/mol. The topological polar surface area (TPSA) is 55.8 Å². The van der Waals surface area contributed by atoms with Gasteiger partial charge < -0.3 is 14.4 Å². The number of ether oxygens (including phenoxy) is 2. The molecule has 0 unspecified atom stereocenters. The molecule has 0 spiro atoms. The summed E-state index contributed by atoms with van der Waals surface area (Å²) in [7, 11) is 0. The van der Waals surface area contributed by atoms with Crippen LogP contribution in [0.2, 0.25) is 0 Å². The third kappa shape index (κ3) is 3.57. The van der Waals surface area contributed by atoms with E-state index in [-0.39, 0.29) is 18.3 Å². The molecule has 3 rings (SSSR count). The highest BCUT2D eigenvalue weighted by atomic mass is 16.5. The molecule has 0 saturated carbocycles. The fraction of sp³-hybridized carbons (Fsp3) is 0.333. The van der Waals surface area contributed by atoms with Gasteiger partial charge in [-0.05, 0) is 44.0 Å². The molecule has 1 saturated heterocycles. The molecule has 1 fully saturated rings. The number of hydrogen-bond acceptors (Lipinski definition) is 4. The zero-order chi connectivity index (χ0) is 18.7. The van der Waals surface area contributed by atoms with Gasteiger partial charge in [-0.25, -0.2) is 0 Å². The molecule has 136 valence electrons. The molecule has 1 aliphatic rings. The minimum absolute atomic E-state index is 0.0967. The highest BCUT2D eigenvalue weighted by Gasteiger charge is 2.37. The highest BCUT2D eigenvalue weighted by molar-refractivity contribution is 6.00. The van der Waals surface area contributed by atoms with Gasteiger partial charge in [-0.3, -0.25) is 9.59 Å². The van der Waals surface area contributed by atoms with Gasteiger partial charge in [0, 0.05) is 13.0 Å². The zero-order valence-corrected chi connectivity index (χ0v) is 15.3. The van der Waals surface area contributed by atoms with Crippen LogP contribution in [0.4, 0.5) is 5.69 Å². The number of para-hydroxylation sites is 3. The van der Waals surface area contributed by atoms with E-state index in [2.05, 4.69) is 0 Å². The monoisotopic (exact) mass is 353 g/mol. The number of amides is 1. The maximum absolute atomic E-state index is 12.6. The van der Waals surface area contributed by atoms with Crippen LogP contribution in [0.5, 0.6) is 11.5 Å². The van der Waals surface area contributed by atoms with Gasteiger partial charge in [0.1, 0.15) is 11.5 Å². The first-order chi connectivity index (χ1) is 12.5. The van der Waals surface area contributed by atoms with Crippen molar-refractivity contribution in [3.05, 3.63) is 53.6 Å². The van der Waals surface area contributed by atoms with Gasteiger partial charge in [0.05, 0.1) is 18.2 Å². The second-order valence-electron chi connectivity index (χ2n) is 6.45. The van der Waals surface area contributed by atoms with Crippen molar-refractivity contribution in [1.82, 2.24) is 0 Å². The molecule has 1 heterocycles. The summed E-state index contributed by atoms with van der Waals surface area (Å²) in [6.07, 6.45) is 0.143. The smallest absolute Gasteiger partial charge is 0.316 e. The standard InChI is InChI=1S/C21H23NO4/c1-4-25-18-11-6-5-10-17(18)22-13-16(12-19(22)23)21(24)26-20-14(2)8-7-9-15(20)3/h5-11,16H,4,12-13H2,1-3H3/t16-/m0/s1. The summed E-state index contributed by atoms with van der Waals surface area (Å²) >= 11 is 0. The van der Waals surface area contributed by atoms with Gasteiger partial charge in [0.2, 0.25) is 5.91 Å². The van der Waals surface area contributed by atoms with E-state index in [0.29, 0.717) is 30.3 Å². The number of benzene rings is 2. The number of hydrogen-bond donors (Lipinski definition) is 0. The molecule has 0 radical (unpaired) electrons. The van der Waals surface area contributed by atoms with Crippen molar-refractivity contribution in [2.24, 2.45) is 5.92 Å². The average Bonchev–Trinajstić information content (AvgIpc) is 3.01. The number of esters is 1. The first-order valence-corrected chi connectivity index (χ1v) is 8.81. The third-order valence-corrected chi connectivity index (χ3v) is 4.53. The van der Waals surface area contributed by atoms with Crippen LogP contribution in [-0.2, 0) is 9.59 Å². The van der Waals surface area contributed by atoms with Crippen LogP contribution in [0.15, 0.2) is 42.5 Å². The van der Waals surface area contributed by atoms with Crippen LogP contribution in [-0.4, -0.2) is 25.0 Å². The Balaban J connectivity index is 1.77. The number of carbonyl (C=O) groups excluding carboxylic acids is 2. The molecule has 1 atom stereocenters. The van der Waals surface area contributed by atoms with Gasteiger partial charge in [-0.15, -0.1) is 0 Å². The van der Waals surface area contributed by atoms with Gasteiger partial charge in [-0.2, -0.15) is 0 Å². The Morgan fingerprint density at radius 2 is 1.81 bits per heavy atom. The summed E-state index contributed by atoms with van der Waals surface area (Å²) in [5, 5.41) is 0. The zero-order valence-electron chi connectivity index (χ0n) is 15.3. The molecule has 0 bridgehead atoms. The van der Waals surface area contributed by atoms with Crippen LogP contribution in [0.3, 0.4) is 0 Å². The van der Waals surface area contributed by atoms with Gasteiger partial charge in [0.15, 0.2) is 0 Å². The van der Waals surface area contributed by atoms with E-state index in [1.54, 1.807) is 4.90 Å². The predicted octanol–water partition coefficient (Wildman–Crippen LogP) is 3.66. The summed E-state index contributed by atoms with van der Waals surface area (Å²) in [4.78, 5) is 26.7. The van der Waals surface area contributed by atoms with E-state index in [0.717, 1.165) is 11.1 Å². The molecule has 5 heteroatoms. The Morgan fingerprint density at radius 1 is 1.12 bits per heavy atom. The van der Waals surface area contributed by atoms with Crippen molar-refractivity contribution in [2.45, 2.75) is 27.2 Å². The van der Waals surface area contributed by atoms with E-state index in [1.807, 2.05) is 63.2 Å². The lowest BCUT2D eigenvalue weighted by Gasteiger charge is -2.20. The number of carbonyl (C=O) groups is 2. The Bertz CT molecular complexity index is 810. The van der Waals surface area contributed by atoms with E-state index in [4.69, 9.17) is 9.47 Å². The first kappa shape index (κ1) is 18.0. The van der Waals surface area contributed by atoms with Crippen molar-refractivity contribution in [1.29, 1.82) is 0 Å². The maximum atomic E-state index is 12.6. The van der Waals surface area contributed by atoms with Gasteiger partial charge in [-0.1, -0.05) is 30.3 Å². The fourth-order valence-electron chi connectivity index (χ4n) is 3.20. The third-order valence-electron chi connectivity index (χ3n) is 4.53. The summed E-state index contributed by atoms with van der Waals surface area (Å²) < 4.78 is 11.2. The molecule has 2 aromatic carbocycles. The minimum atomic E-state index is -0.490. The Labute approximate surface area is 153 Å². The number of aryl methyl sites for hydroxylation is 2. The molecule has 5 nitrogen and oxygen atoms in total. The van der Waals surface area contributed by atoms with Crippen LogP contribution < -0.4 is 14.4 Å². The molecule has 26 heavy (non-hydrogen) atoms. The predicted molar refractivity (Wildman–Crippen MR) is 99.6 cm³/mol. The molecule has 1 amide bonds. The van der Waals surface area contributed by atoms with Gasteiger partial charge >= 0.3 is 5.97 Å². The summed E-state index contributed by atoms with van der Waals surface area (Å²) in [6, 6.07) is 13.1. The number of anilines is 1. The SMILES string of the molecule is CCOc1ccccc1N1C[C@@H](C(=O)Oc2c(C)cccc2C)CC1=O. The molecule has 0 aromatic heterocycles. The molecule has 1 aliphatic heterocycles. The minimum Gasteiger partial charge on any atom is -0.492 e.